The molecule has 2 amide bonds. The van der Waals surface area contributed by atoms with Gasteiger partial charge in [0, 0.05) is 31.8 Å². The van der Waals surface area contributed by atoms with Crippen LogP contribution in [0.25, 0.3) is 0 Å². The van der Waals surface area contributed by atoms with Gasteiger partial charge in [0.1, 0.15) is 0 Å². The standard InChI is InChI=1S/C13H17N3O2S/c1-4-11(17)15-13(19)14-10-7-5-6-9(8-10)12(18)16(2)3/h5-8H,4H2,1-3H3,(H2,14,15,17,19). The molecule has 0 aliphatic carbocycles. The molecular formula is C13H17N3O2S. The number of carbonyl (C=O) groups excluding carboxylic acids is 2. The highest BCUT2D eigenvalue weighted by atomic mass is 32.1. The molecule has 102 valence electrons. The second-order valence-corrected chi connectivity index (χ2v) is 4.54. The number of carbonyl (C=O) groups is 2. The minimum atomic E-state index is -0.155. The smallest absolute Gasteiger partial charge is 0.253 e. The van der Waals surface area contributed by atoms with Crippen LogP contribution in [-0.4, -0.2) is 35.9 Å². The zero-order valence-corrected chi connectivity index (χ0v) is 12.0. The maximum absolute atomic E-state index is 11.8. The summed E-state index contributed by atoms with van der Waals surface area (Å²) in [5, 5.41) is 5.63. The van der Waals surface area contributed by atoms with Crippen molar-refractivity contribution in [2.45, 2.75) is 13.3 Å². The molecule has 0 heterocycles. The van der Waals surface area contributed by atoms with E-state index in [2.05, 4.69) is 10.6 Å². The van der Waals surface area contributed by atoms with Crippen molar-refractivity contribution in [3.63, 3.8) is 0 Å². The molecule has 0 saturated carbocycles. The van der Waals surface area contributed by atoms with Gasteiger partial charge in [0.25, 0.3) is 5.91 Å². The summed E-state index contributed by atoms with van der Waals surface area (Å²) in [5.74, 6) is -0.245. The van der Waals surface area contributed by atoms with Crippen molar-refractivity contribution in [2.75, 3.05) is 19.4 Å². The second kappa shape index (κ2) is 6.84. The third kappa shape index (κ3) is 4.67. The van der Waals surface area contributed by atoms with Crippen LogP contribution >= 0.6 is 12.2 Å². The first-order valence-corrected chi connectivity index (χ1v) is 6.27. The van der Waals surface area contributed by atoms with Crippen molar-refractivity contribution in [1.82, 2.24) is 10.2 Å². The van der Waals surface area contributed by atoms with E-state index >= 15 is 0 Å². The van der Waals surface area contributed by atoms with E-state index < -0.39 is 0 Å². The number of hydrogen-bond donors (Lipinski definition) is 2. The molecule has 0 atom stereocenters. The van der Waals surface area contributed by atoms with Crippen LogP contribution < -0.4 is 10.6 Å². The van der Waals surface area contributed by atoms with Crippen LogP contribution in [-0.2, 0) is 4.79 Å². The number of rotatable bonds is 3. The highest BCUT2D eigenvalue weighted by molar-refractivity contribution is 7.80. The Morgan fingerprint density at radius 2 is 2.00 bits per heavy atom. The minimum absolute atomic E-state index is 0.0906. The van der Waals surface area contributed by atoms with Crippen LogP contribution in [0.5, 0.6) is 0 Å². The Labute approximate surface area is 118 Å². The van der Waals surface area contributed by atoms with Gasteiger partial charge in [0.05, 0.1) is 0 Å². The predicted molar refractivity (Wildman–Crippen MR) is 79.1 cm³/mol. The number of thiocarbonyl (C=S) groups is 1. The summed E-state index contributed by atoms with van der Waals surface area (Å²) in [5.41, 5.74) is 1.22. The Hall–Kier alpha value is -1.95. The Morgan fingerprint density at radius 1 is 1.32 bits per heavy atom. The van der Waals surface area contributed by atoms with E-state index in [1.165, 1.54) is 4.90 Å². The average Bonchev–Trinajstić information content (AvgIpc) is 2.37. The fourth-order valence-electron chi connectivity index (χ4n) is 1.37. The van der Waals surface area contributed by atoms with Crippen LogP contribution in [0.15, 0.2) is 24.3 Å². The van der Waals surface area contributed by atoms with Gasteiger partial charge in [-0.1, -0.05) is 13.0 Å². The van der Waals surface area contributed by atoms with E-state index in [9.17, 15) is 9.59 Å². The summed E-state index contributed by atoms with van der Waals surface area (Å²) in [6.07, 6.45) is 0.362. The summed E-state index contributed by atoms with van der Waals surface area (Å²) in [6, 6.07) is 6.94. The van der Waals surface area contributed by atoms with E-state index in [-0.39, 0.29) is 16.9 Å². The summed E-state index contributed by atoms with van der Waals surface area (Å²) >= 11 is 5.00. The highest BCUT2D eigenvalue weighted by Gasteiger charge is 2.09. The van der Waals surface area contributed by atoms with Gasteiger partial charge >= 0.3 is 0 Å². The van der Waals surface area contributed by atoms with Gasteiger partial charge in [-0.3, -0.25) is 9.59 Å². The molecule has 0 radical (unpaired) electrons. The van der Waals surface area contributed by atoms with Gasteiger partial charge in [0.15, 0.2) is 5.11 Å². The normalized spacial score (nSPS) is 9.63. The van der Waals surface area contributed by atoms with E-state index in [1.54, 1.807) is 45.3 Å². The molecule has 0 aliphatic heterocycles. The molecule has 1 aromatic rings. The number of anilines is 1. The predicted octanol–water partition coefficient (Wildman–Crippen LogP) is 1.61. The molecule has 0 bridgehead atoms. The van der Waals surface area contributed by atoms with Gasteiger partial charge in [0.2, 0.25) is 5.91 Å². The van der Waals surface area contributed by atoms with Gasteiger partial charge in [-0.05, 0) is 30.4 Å². The molecule has 19 heavy (non-hydrogen) atoms. The zero-order chi connectivity index (χ0) is 14.4. The van der Waals surface area contributed by atoms with Crippen molar-refractivity contribution in [1.29, 1.82) is 0 Å². The third-order valence-corrected chi connectivity index (χ3v) is 2.55. The first kappa shape index (κ1) is 15.1. The average molecular weight is 279 g/mol. The van der Waals surface area contributed by atoms with Crippen molar-refractivity contribution >= 4 is 34.8 Å². The van der Waals surface area contributed by atoms with Gasteiger partial charge < -0.3 is 15.5 Å². The Kier molecular flexibility index (Phi) is 5.44. The lowest BCUT2D eigenvalue weighted by atomic mass is 10.2. The molecule has 0 saturated heterocycles. The lowest BCUT2D eigenvalue weighted by Gasteiger charge is -2.12. The summed E-state index contributed by atoms with van der Waals surface area (Å²) in [7, 11) is 3.38. The highest BCUT2D eigenvalue weighted by Crippen LogP contribution is 2.11. The fourth-order valence-corrected chi connectivity index (χ4v) is 1.60. The molecule has 0 fully saturated rings. The Morgan fingerprint density at radius 3 is 2.58 bits per heavy atom. The van der Waals surface area contributed by atoms with E-state index in [0.717, 1.165) is 0 Å². The molecule has 1 aromatic carbocycles. The van der Waals surface area contributed by atoms with Crippen LogP contribution in [0.2, 0.25) is 0 Å². The van der Waals surface area contributed by atoms with E-state index in [4.69, 9.17) is 12.2 Å². The van der Waals surface area contributed by atoms with Crippen molar-refractivity contribution < 1.29 is 9.59 Å². The van der Waals surface area contributed by atoms with Gasteiger partial charge in [-0.2, -0.15) is 0 Å². The summed E-state index contributed by atoms with van der Waals surface area (Å²) in [6.45, 7) is 1.74. The summed E-state index contributed by atoms with van der Waals surface area (Å²) < 4.78 is 0. The molecule has 0 spiro atoms. The number of nitrogens with one attached hydrogen (secondary N) is 2. The molecule has 2 N–H and O–H groups in total. The first-order valence-electron chi connectivity index (χ1n) is 5.86. The van der Waals surface area contributed by atoms with Crippen molar-refractivity contribution in [3.8, 4) is 0 Å². The quantitative estimate of drug-likeness (QED) is 0.825. The number of hydrogen-bond acceptors (Lipinski definition) is 3. The van der Waals surface area contributed by atoms with E-state index in [1.807, 2.05) is 0 Å². The number of amides is 2. The summed E-state index contributed by atoms with van der Waals surface area (Å²) in [4.78, 5) is 24.5. The van der Waals surface area contributed by atoms with Crippen LogP contribution in [0, 0.1) is 0 Å². The maximum Gasteiger partial charge on any atom is 0.253 e. The molecule has 0 unspecified atom stereocenters. The second-order valence-electron chi connectivity index (χ2n) is 4.14. The number of benzene rings is 1. The molecular weight excluding hydrogens is 262 g/mol. The molecule has 0 aliphatic rings. The lowest BCUT2D eigenvalue weighted by molar-refractivity contribution is -0.119. The topological polar surface area (TPSA) is 61.4 Å². The van der Waals surface area contributed by atoms with Gasteiger partial charge in [-0.25, -0.2) is 0 Å². The van der Waals surface area contributed by atoms with Crippen molar-refractivity contribution in [3.05, 3.63) is 29.8 Å². The van der Waals surface area contributed by atoms with Crippen molar-refractivity contribution in [2.24, 2.45) is 0 Å². The molecule has 6 heteroatoms. The SMILES string of the molecule is CCC(=O)NC(=S)Nc1cccc(C(=O)N(C)C)c1. The Bertz CT molecular complexity index is 500. The zero-order valence-electron chi connectivity index (χ0n) is 11.2. The number of nitrogens with zero attached hydrogens (tertiary/aromatic N) is 1. The maximum atomic E-state index is 11.8. The van der Waals surface area contributed by atoms with E-state index in [0.29, 0.717) is 17.7 Å². The Balaban J connectivity index is 2.75. The fraction of sp³-hybridized carbons (Fsp3) is 0.308. The third-order valence-electron chi connectivity index (χ3n) is 2.35. The lowest BCUT2D eigenvalue weighted by Crippen LogP contribution is -2.33. The largest absolute Gasteiger partial charge is 0.345 e. The van der Waals surface area contributed by atoms with Crippen LogP contribution in [0.1, 0.15) is 23.7 Å². The molecule has 5 nitrogen and oxygen atoms in total. The first-order chi connectivity index (χ1) is 8.93. The van der Waals surface area contributed by atoms with Crippen LogP contribution in [0.3, 0.4) is 0 Å². The van der Waals surface area contributed by atoms with Gasteiger partial charge in [-0.15, -0.1) is 0 Å². The molecule has 0 aromatic heterocycles. The minimum Gasteiger partial charge on any atom is -0.345 e. The monoisotopic (exact) mass is 279 g/mol. The molecule has 1 rings (SSSR count). The van der Waals surface area contributed by atoms with Crippen LogP contribution in [0.4, 0.5) is 5.69 Å².